The number of rotatable bonds is 6. The first-order valence-electron chi connectivity index (χ1n) is 11.2. The maximum atomic E-state index is 12.0. The largest absolute Gasteiger partial charge is 0.367 e. The van der Waals surface area contributed by atoms with E-state index in [0.717, 1.165) is 57.2 Å². The van der Waals surface area contributed by atoms with Crippen LogP contribution in [-0.2, 0) is 11.8 Å². The summed E-state index contributed by atoms with van der Waals surface area (Å²) in [4.78, 5) is 13.6. The molecule has 4 rings (SSSR count). The van der Waals surface area contributed by atoms with Crippen molar-refractivity contribution in [3.63, 3.8) is 0 Å². The molecule has 1 amide bonds. The third kappa shape index (κ3) is 4.40. The highest BCUT2D eigenvalue weighted by Gasteiger charge is 2.39. The lowest BCUT2D eigenvalue weighted by atomic mass is 9.64. The molecule has 166 valence electrons. The van der Waals surface area contributed by atoms with Crippen LogP contribution in [0.2, 0.25) is 0 Å². The van der Waals surface area contributed by atoms with Crippen LogP contribution in [0.25, 0.3) is 0 Å². The maximum Gasteiger partial charge on any atom is 0.248 e. The van der Waals surface area contributed by atoms with Crippen LogP contribution in [0.1, 0.15) is 53.6 Å². The number of benzene rings is 2. The Morgan fingerprint density at radius 1 is 1.09 bits per heavy atom. The Kier molecular flexibility index (Phi) is 6.31. The SMILES string of the molecule is N#CN(C(N)=NN1CCC1)C1CCC(Cc2ccccc2C(N)=O)(c2ccccc2)CC1. The third-order valence-corrected chi connectivity index (χ3v) is 6.91. The number of hydrogen-bond donors (Lipinski definition) is 2. The molecule has 7 heteroatoms. The van der Waals surface area contributed by atoms with E-state index >= 15 is 0 Å². The van der Waals surface area contributed by atoms with Crippen molar-refractivity contribution in [1.82, 2.24) is 9.91 Å². The van der Waals surface area contributed by atoms with Crippen molar-refractivity contribution in [2.24, 2.45) is 16.6 Å². The highest BCUT2D eigenvalue weighted by Crippen LogP contribution is 2.43. The van der Waals surface area contributed by atoms with Gasteiger partial charge in [0.25, 0.3) is 0 Å². The normalized spacial score (nSPS) is 23.2. The summed E-state index contributed by atoms with van der Waals surface area (Å²) in [6, 6.07) is 18.1. The zero-order valence-corrected chi connectivity index (χ0v) is 18.3. The molecule has 0 unspecified atom stereocenters. The molecule has 1 aliphatic heterocycles. The van der Waals surface area contributed by atoms with E-state index in [2.05, 4.69) is 35.6 Å². The first kappa shape index (κ1) is 21.7. The van der Waals surface area contributed by atoms with Crippen molar-refractivity contribution < 1.29 is 4.79 Å². The van der Waals surface area contributed by atoms with Crippen LogP contribution in [0, 0.1) is 11.5 Å². The minimum Gasteiger partial charge on any atom is -0.367 e. The lowest BCUT2D eigenvalue weighted by Crippen LogP contribution is -2.48. The predicted molar refractivity (Wildman–Crippen MR) is 124 cm³/mol. The molecule has 1 aliphatic carbocycles. The summed E-state index contributed by atoms with van der Waals surface area (Å²) < 4.78 is 0. The Balaban J connectivity index is 1.58. The Bertz CT molecular complexity index is 1020. The zero-order valence-electron chi connectivity index (χ0n) is 18.3. The molecule has 7 nitrogen and oxygen atoms in total. The van der Waals surface area contributed by atoms with Crippen LogP contribution in [0.15, 0.2) is 59.7 Å². The van der Waals surface area contributed by atoms with E-state index < -0.39 is 5.91 Å². The second kappa shape index (κ2) is 9.31. The van der Waals surface area contributed by atoms with E-state index in [-0.39, 0.29) is 17.4 Å². The van der Waals surface area contributed by atoms with Gasteiger partial charge in [0.15, 0.2) is 6.19 Å². The second-order valence-corrected chi connectivity index (χ2v) is 8.81. The number of hydrogen-bond acceptors (Lipinski definition) is 4. The summed E-state index contributed by atoms with van der Waals surface area (Å²) in [6.45, 7) is 1.78. The predicted octanol–water partition coefficient (Wildman–Crippen LogP) is 2.93. The summed E-state index contributed by atoms with van der Waals surface area (Å²) in [5.41, 5.74) is 14.5. The summed E-state index contributed by atoms with van der Waals surface area (Å²) >= 11 is 0. The topological polar surface area (TPSA) is 112 Å². The summed E-state index contributed by atoms with van der Waals surface area (Å²) in [6.07, 6.45) is 7.49. The Labute approximate surface area is 189 Å². The van der Waals surface area contributed by atoms with Gasteiger partial charge in [0.1, 0.15) is 0 Å². The molecule has 0 aromatic heterocycles. The molecule has 2 aliphatic rings. The van der Waals surface area contributed by atoms with E-state index in [9.17, 15) is 10.1 Å². The van der Waals surface area contributed by atoms with Gasteiger partial charge in [-0.2, -0.15) is 5.26 Å². The van der Waals surface area contributed by atoms with Crippen LogP contribution < -0.4 is 11.5 Å². The molecule has 1 saturated heterocycles. The molecule has 32 heavy (non-hydrogen) atoms. The number of guanidine groups is 1. The van der Waals surface area contributed by atoms with Crippen molar-refractivity contribution in [3.8, 4) is 6.19 Å². The van der Waals surface area contributed by atoms with E-state index in [1.54, 1.807) is 11.0 Å². The molecule has 0 bridgehead atoms. The van der Waals surface area contributed by atoms with Gasteiger partial charge in [-0.1, -0.05) is 48.5 Å². The number of hydrazone groups is 1. The van der Waals surface area contributed by atoms with Crippen molar-refractivity contribution in [2.45, 2.75) is 50.0 Å². The monoisotopic (exact) mass is 430 g/mol. The van der Waals surface area contributed by atoms with Crippen LogP contribution >= 0.6 is 0 Å². The van der Waals surface area contributed by atoms with Crippen LogP contribution in [0.3, 0.4) is 0 Å². The molecule has 2 aromatic carbocycles. The highest BCUT2D eigenvalue weighted by atomic mass is 16.1. The standard InChI is InChI=1S/C25H30N6O/c26-18-31(24(28)29-30-15-6-16-30)21-11-13-25(14-12-21,20-8-2-1-3-9-20)17-19-7-4-5-10-22(19)23(27)32/h1-5,7-10,21H,6,11-17H2,(H2,27,32)(H2,28,29). The van der Waals surface area contributed by atoms with Gasteiger partial charge in [0, 0.05) is 24.7 Å². The molecule has 1 saturated carbocycles. The van der Waals surface area contributed by atoms with Crippen LogP contribution in [-0.4, -0.2) is 40.9 Å². The number of nitrogens with zero attached hydrogens (tertiary/aromatic N) is 4. The summed E-state index contributed by atoms with van der Waals surface area (Å²) in [7, 11) is 0. The third-order valence-electron chi connectivity index (χ3n) is 6.91. The molecular formula is C25H30N6O. The molecule has 4 N–H and O–H groups in total. The Morgan fingerprint density at radius 2 is 1.75 bits per heavy atom. The Hall–Kier alpha value is -3.53. The Morgan fingerprint density at radius 3 is 2.34 bits per heavy atom. The maximum absolute atomic E-state index is 12.0. The summed E-state index contributed by atoms with van der Waals surface area (Å²) in [5, 5.41) is 16.1. The van der Waals surface area contributed by atoms with E-state index in [1.165, 1.54) is 5.56 Å². The smallest absolute Gasteiger partial charge is 0.248 e. The van der Waals surface area contributed by atoms with Crippen LogP contribution in [0.5, 0.6) is 0 Å². The molecule has 2 fully saturated rings. The zero-order chi connectivity index (χ0) is 22.6. The molecular weight excluding hydrogens is 400 g/mol. The van der Waals surface area contributed by atoms with Crippen molar-refractivity contribution in [3.05, 3.63) is 71.3 Å². The lowest BCUT2D eigenvalue weighted by molar-refractivity contribution is 0.0998. The highest BCUT2D eigenvalue weighted by molar-refractivity contribution is 5.94. The van der Waals surface area contributed by atoms with Gasteiger partial charge in [-0.3, -0.25) is 9.80 Å². The first-order valence-corrected chi connectivity index (χ1v) is 11.2. The molecule has 0 spiro atoms. The molecule has 2 aromatic rings. The van der Waals surface area contributed by atoms with Gasteiger partial charge >= 0.3 is 0 Å². The second-order valence-electron chi connectivity index (χ2n) is 8.81. The fourth-order valence-corrected chi connectivity index (χ4v) is 4.96. The average molecular weight is 431 g/mol. The van der Waals surface area contributed by atoms with E-state index in [4.69, 9.17) is 11.5 Å². The van der Waals surface area contributed by atoms with E-state index in [0.29, 0.717) is 5.56 Å². The number of primary amides is 1. The van der Waals surface area contributed by atoms with E-state index in [1.807, 2.05) is 29.3 Å². The molecule has 1 heterocycles. The fraction of sp³-hybridized carbons (Fsp3) is 0.400. The van der Waals surface area contributed by atoms with Crippen molar-refractivity contribution in [1.29, 1.82) is 5.26 Å². The van der Waals surface area contributed by atoms with Gasteiger partial charge in [0.2, 0.25) is 11.9 Å². The number of carbonyl (C=O) groups excluding carboxylic acids is 1. The minimum atomic E-state index is -0.400. The van der Waals surface area contributed by atoms with Gasteiger partial charge in [0.05, 0.1) is 0 Å². The van der Waals surface area contributed by atoms with Crippen LogP contribution in [0.4, 0.5) is 0 Å². The lowest BCUT2D eigenvalue weighted by Gasteiger charge is -2.43. The van der Waals surface area contributed by atoms with Gasteiger partial charge in [-0.25, -0.2) is 4.90 Å². The van der Waals surface area contributed by atoms with Gasteiger partial charge < -0.3 is 11.5 Å². The number of carbonyl (C=O) groups is 1. The van der Waals surface area contributed by atoms with Gasteiger partial charge in [-0.15, -0.1) is 5.10 Å². The molecule has 0 atom stereocenters. The average Bonchev–Trinajstić information content (AvgIpc) is 2.79. The van der Waals surface area contributed by atoms with Crippen molar-refractivity contribution in [2.75, 3.05) is 13.1 Å². The fourth-order valence-electron chi connectivity index (χ4n) is 4.96. The molecule has 0 radical (unpaired) electrons. The van der Waals surface area contributed by atoms with Crippen molar-refractivity contribution >= 4 is 11.9 Å². The first-order chi connectivity index (χ1) is 15.5. The minimum absolute atomic E-state index is 0.0215. The number of nitriles is 1. The van der Waals surface area contributed by atoms with Gasteiger partial charge in [-0.05, 0) is 61.1 Å². The quantitative estimate of drug-likeness (QED) is 0.317. The number of amides is 1. The summed E-state index contributed by atoms with van der Waals surface area (Å²) in [5.74, 6) is -0.119. The number of nitrogens with two attached hydrogens (primary N) is 2.